The Morgan fingerprint density at radius 3 is 2.69 bits per heavy atom. The van der Waals surface area contributed by atoms with Gasteiger partial charge in [-0.25, -0.2) is 4.79 Å². The van der Waals surface area contributed by atoms with E-state index < -0.39 is 21.5 Å². The summed E-state index contributed by atoms with van der Waals surface area (Å²) in [7, 11) is -4.26. The maximum absolute atomic E-state index is 13.1. The number of methoxy groups -OCH3 is 1. The number of benzene rings is 1. The lowest BCUT2D eigenvalue weighted by Gasteiger charge is -2.37. The zero-order valence-corrected chi connectivity index (χ0v) is 21.3. The van der Waals surface area contributed by atoms with Crippen molar-refractivity contribution in [2.75, 3.05) is 36.5 Å². The molecule has 0 saturated carbocycles. The molecule has 1 atom stereocenters. The molecule has 0 aliphatic carbocycles. The van der Waals surface area contributed by atoms with Gasteiger partial charge in [-0.2, -0.15) is 21.6 Å². The van der Waals surface area contributed by atoms with E-state index in [0.717, 1.165) is 29.7 Å². The van der Waals surface area contributed by atoms with Crippen LogP contribution in [0.25, 0.3) is 0 Å². The molecule has 1 N–H and O–H groups in total. The fourth-order valence-electron chi connectivity index (χ4n) is 3.51. The number of aryl methyl sites for hydroxylation is 1. The number of esters is 1. The molecule has 0 amide bonds. The topological polar surface area (TPSA) is 135 Å². The molecule has 3 rings (SSSR count). The maximum Gasteiger partial charge on any atom is 0.516 e. The highest BCUT2D eigenvalue weighted by Crippen LogP contribution is 2.41. The van der Waals surface area contributed by atoms with Crippen molar-refractivity contribution in [2.24, 2.45) is 10.2 Å². The van der Waals surface area contributed by atoms with Crippen molar-refractivity contribution in [2.45, 2.75) is 44.7 Å². The highest BCUT2D eigenvalue weighted by atomic mass is 32.2. The first-order valence-electron chi connectivity index (χ1n) is 10.9. The van der Waals surface area contributed by atoms with Crippen molar-refractivity contribution >= 4 is 49.5 Å². The van der Waals surface area contributed by atoms with Gasteiger partial charge in [0, 0.05) is 25.4 Å². The summed E-state index contributed by atoms with van der Waals surface area (Å²) < 4.78 is 74.4. The Kier molecular flexibility index (Phi) is 8.84. The largest absolute Gasteiger partial charge is 0.516 e. The number of aromatic nitrogens is 2. The van der Waals surface area contributed by atoms with Gasteiger partial charge in [0.05, 0.1) is 12.3 Å². The summed E-state index contributed by atoms with van der Waals surface area (Å²) in [6, 6.07) is 2.97. The molecule has 1 aromatic heterocycles. The minimum absolute atomic E-state index is 0.0112. The van der Waals surface area contributed by atoms with Crippen LogP contribution in [-0.2, 0) is 25.9 Å². The predicted octanol–water partition coefficient (Wildman–Crippen LogP) is 4.57. The summed E-state index contributed by atoms with van der Waals surface area (Å²) in [6.07, 6.45) is 2.23. The smallest absolute Gasteiger partial charge is 0.458 e. The first-order chi connectivity index (χ1) is 17.0. The average Bonchev–Trinajstić information content (AvgIpc) is 3.28. The number of hydrogen-bond acceptors (Lipinski definition) is 11. The number of alkyl halides is 3. The molecule has 0 bridgehead atoms. The highest BCUT2D eigenvalue weighted by molar-refractivity contribution is 7.93. The van der Waals surface area contributed by atoms with Gasteiger partial charge in [-0.15, -0.1) is 20.4 Å². The van der Waals surface area contributed by atoms with Crippen LogP contribution in [0.15, 0.2) is 22.4 Å². The summed E-state index contributed by atoms with van der Waals surface area (Å²) in [5.74, 6) is -0.747. The molecule has 0 fully saturated rings. The zero-order valence-electron chi connectivity index (χ0n) is 19.7. The van der Waals surface area contributed by atoms with Gasteiger partial charge in [-0.3, -0.25) is 4.72 Å². The van der Waals surface area contributed by atoms with Gasteiger partial charge in [-0.05, 0) is 43.9 Å². The Bertz CT molecular complexity index is 1220. The van der Waals surface area contributed by atoms with Crippen LogP contribution in [-0.4, -0.2) is 63.0 Å². The third-order valence-corrected chi connectivity index (χ3v) is 7.12. The number of halogens is 3. The molecular formula is C20H25F3N6O5S2. The molecule has 0 radical (unpaired) electrons. The van der Waals surface area contributed by atoms with Gasteiger partial charge in [0.15, 0.2) is 0 Å². The number of nitrogens with zero attached hydrogens (tertiary/aromatic N) is 5. The van der Waals surface area contributed by atoms with Crippen LogP contribution in [0.5, 0.6) is 0 Å². The SMILES string of the molecule is CCCN1c2cc(NS(=O)(=O)C(F)(F)F)c(N=Nc3nnc(C(=O)OCCOC)s3)cc2CCC1C. The Morgan fingerprint density at radius 1 is 1.28 bits per heavy atom. The third kappa shape index (κ3) is 6.47. The number of fused-ring (bicyclic) bond motifs is 1. The van der Waals surface area contributed by atoms with Gasteiger partial charge in [0.1, 0.15) is 12.3 Å². The summed E-state index contributed by atoms with van der Waals surface area (Å²) in [4.78, 5) is 14.0. The van der Waals surface area contributed by atoms with E-state index in [0.29, 0.717) is 18.7 Å². The van der Waals surface area contributed by atoms with Gasteiger partial charge in [0.2, 0.25) is 5.01 Å². The molecule has 1 unspecified atom stereocenters. The van der Waals surface area contributed by atoms with Crippen LogP contribution in [0.2, 0.25) is 0 Å². The zero-order chi connectivity index (χ0) is 26.5. The molecule has 1 aromatic carbocycles. The van der Waals surface area contributed by atoms with E-state index in [4.69, 9.17) is 9.47 Å². The average molecular weight is 551 g/mol. The van der Waals surface area contributed by atoms with Crippen LogP contribution >= 0.6 is 11.3 Å². The number of carbonyl (C=O) groups excluding carboxylic acids is 1. The molecule has 1 aliphatic heterocycles. The van der Waals surface area contributed by atoms with Crippen molar-refractivity contribution in [3.63, 3.8) is 0 Å². The van der Waals surface area contributed by atoms with Crippen LogP contribution < -0.4 is 9.62 Å². The summed E-state index contributed by atoms with van der Waals surface area (Å²) in [5, 5.41) is 15.0. The van der Waals surface area contributed by atoms with E-state index in [-0.39, 0.29) is 40.8 Å². The number of rotatable bonds is 10. The van der Waals surface area contributed by atoms with Crippen molar-refractivity contribution in [1.82, 2.24) is 10.2 Å². The van der Waals surface area contributed by atoms with Crippen LogP contribution in [0.4, 0.5) is 35.4 Å². The highest BCUT2D eigenvalue weighted by Gasteiger charge is 2.46. The third-order valence-electron chi connectivity index (χ3n) is 5.24. The standard InChI is InChI=1S/C20H25F3N6O5S2/c1-4-7-29-12(2)5-6-13-10-14(15(11-16(13)29)28-36(31,32)20(21,22)23)24-26-19-27-25-17(35-19)18(30)34-9-8-33-3/h10-12,28H,4-9H2,1-3H3. The molecule has 1 aliphatic rings. The van der Waals surface area contributed by atoms with Crippen molar-refractivity contribution in [3.05, 3.63) is 22.7 Å². The quantitative estimate of drug-likeness (QED) is 0.258. The molecule has 2 heterocycles. The number of hydrogen-bond donors (Lipinski definition) is 1. The Balaban J connectivity index is 1.96. The summed E-state index contributed by atoms with van der Waals surface area (Å²) >= 11 is 0.753. The molecule has 11 nitrogen and oxygen atoms in total. The van der Waals surface area contributed by atoms with Gasteiger partial charge in [-0.1, -0.05) is 18.3 Å². The Morgan fingerprint density at radius 2 is 2.03 bits per heavy atom. The molecule has 16 heteroatoms. The number of ether oxygens (including phenoxy) is 2. The minimum Gasteiger partial charge on any atom is -0.458 e. The fourth-order valence-corrected chi connectivity index (χ4v) is 4.64. The lowest BCUT2D eigenvalue weighted by Crippen LogP contribution is -2.38. The lowest BCUT2D eigenvalue weighted by molar-refractivity contribution is -0.0429. The molecular weight excluding hydrogens is 525 g/mol. The normalized spacial score (nSPS) is 16.3. The van der Waals surface area contributed by atoms with Crippen molar-refractivity contribution in [1.29, 1.82) is 0 Å². The first kappa shape index (κ1) is 27.7. The molecule has 36 heavy (non-hydrogen) atoms. The van der Waals surface area contributed by atoms with E-state index >= 15 is 0 Å². The Hall–Kier alpha value is -2.85. The van der Waals surface area contributed by atoms with Crippen molar-refractivity contribution in [3.8, 4) is 0 Å². The van der Waals surface area contributed by atoms with Gasteiger partial charge in [0.25, 0.3) is 5.13 Å². The lowest BCUT2D eigenvalue weighted by atomic mass is 9.95. The molecule has 198 valence electrons. The second-order valence-corrected chi connectivity index (χ2v) is 10.5. The number of carbonyl (C=O) groups is 1. The van der Waals surface area contributed by atoms with Crippen molar-refractivity contribution < 1.29 is 35.9 Å². The van der Waals surface area contributed by atoms with Crippen LogP contribution in [0.3, 0.4) is 0 Å². The second kappa shape index (κ2) is 11.5. The van der Waals surface area contributed by atoms with Gasteiger partial charge >= 0.3 is 21.5 Å². The number of sulfonamides is 1. The second-order valence-electron chi connectivity index (χ2n) is 7.85. The summed E-state index contributed by atoms with van der Waals surface area (Å²) in [6.45, 7) is 4.83. The molecule has 0 saturated heterocycles. The Labute approximate surface area is 209 Å². The maximum atomic E-state index is 13.1. The minimum atomic E-state index is -5.71. The van der Waals surface area contributed by atoms with E-state index in [1.165, 1.54) is 19.2 Å². The monoisotopic (exact) mass is 550 g/mol. The van der Waals surface area contributed by atoms with Crippen LogP contribution in [0.1, 0.15) is 42.1 Å². The number of anilines is 2. The van der Waals surface area contributed by atoms with E-state index in [1.807, 2.05) is 18.7 Å². The number of nitrogens with one attached hydrogen (secondary N) is 1. The molecule has 0 spiro atoms. The molecule has 2 aromatic rings. The predicted molar refractivity (Wildman–Crippen MR) is 127 cm³/mol. The van der Waals surface area contributed by atoms with E-state index in [1.54, 1.807) is 4.72 Å². The fraction of sp³-hybridized carbons (Fsp3) is 0.550. The van der Waals surface area contributed by atoms with E-state index in [9.17, 15) is 26.4 Å². The first-order valence-corrected chi connectivity index (χ1v) is 13.2. The van der Waals surface area contributed by atoms with E-state index in [2.05, 4.69) is 20.4 Å². The number of azo groups is 1. The van der Waals surface area contributed by atoms with Gasteiger partial charge < -0.3 is 14.4 Å². The summed E-state index contributed by atoms with van der Waals surface area (Å²) in [5.41, 5.74) is -4.61. The van der Waals surface area contributed by atoms with Crippen LogP contribution in [0, 0.1) is 0 Å².